The third-order valence-electron chi connectivity index (χ3n) is 4.88. The van der Waals surface area contributed by atoms with Gasteiger partial charge in [-0.15, -0.1) is 5.10 Å². The summed E-state index contributed by atoms with van der Waals surface area (Å²) >= 11 is 0. The van der Waals surface area contributed by atoms with Crippen LogP contribution in [-0.2, 0) is 0 Å². The van der Waals surface area contributed by atoms with Gasteiger partial charge in [0.2, 0.25) is 0 Å². The molecule has 2 heterocycles. The van der Waals surface area contributed by atoms with Crippen molar-refractivity contribution in [1.82, 2.24) is 14.6 Å². The molecular formula is C18H20F2N6. The number of aromatic nitrogens is 3. The number of benzene rings is 1. The molecule has 0 spiro atoms. The smallest absolute Gasteiger partial charge is 0.182 e. The van der Waals surface area contributed by atoms with Crippen molar-refractivity contribution in [2.45, 2.75) is 37.6 Å². The molecule has 5 N–H and O–H groups in total. The van der Waals surface area contributed by atoms with E-state index in [1.54, 1.807) is 10.6 Å². The average molecular weight is 358 g/mol. The summed E-state index contributed by atoms with van der Waals surface area (Å²) in [6.45, 7) is 0. The van der Waals surface area contributed by atoms with E-state index >= 15 is 0 Å². The fraction of sp³-hybridized carbons (Fsp3) is 0.333. The molecule has 1 aromatic carbocycles. The minimum atomic E-state index is -0.960. The average Bonchev–Trinajstić information content (AvgIpc) is 3.04. The number of rotatable bonds is 3. The Bertz CT molecular complexity index is 946. The van der Waals surface area contributed by atoms with Crippen LogP contribution in [0.15, 0.2) is 30.5 Å². The van der Waals surface area contributed by atoms with E-state index < -0.39 is 11.6 Å². The molecule has 0 atom stereocenters. The number of hydrogen-bond donors (Lipinski definition) is 3. The molecule has 0 radical (unpaired) electrons. The first-order chi connectivity index (χ1) is 12.5. The van der Waals surface area contributed by atoms with E-state index in [0.29, 0.717) is 23.1 Å². The second-order valence-electron chi connectivity index (χ2n) is 6.76. The molecule has 3 aromatic rings. The van der Waals surface area contributed by atoms with Crippen molar-refractivity contribution < 1.29 is 8.78 Å². The summed E-state index contributed by atoms with van der Waals surface area (Å²) in [4.78, 5) is 4.61. The zero-order valence-corrected chi connectivity index (χ0v) is 14.1. The first-order valence-electron chi connectivity index (χ1n) is 8.63. The molecule has 0 aliphatic heterocycles. The van der Waals surface area contributed by atoms with Gasteiger partial charge in [-0.2, -0.15) is 0 Å². The minimum Gasteiger partial charge on any atom is -0.396 e. The van der Waals surface area contributed by atoms with Crippen LogP contribution < -0.4 is 16.8 Å². The van der Waals surface area contributed by atoms with Crippen molar-refractivity contribution in [3.8, 4) is 0 Å². The molecule has 0 unspecified atom stereocenters. The Balaban J connectivity index is 1.64. The molecule has 1 aliphatic rings. The summed E-state index contributed by atoms with van der Waals surface area (Å²) in [7, 11) is 0. The third kappa shape index (κ3) is 3.08. The predicted octanol–water partition coefficient (Wildman–Crippen LogP) is 3.32. The molecule has 136 valence electrons. The maximum absolute atomic E-state index is 13.9. The van der Waals surface area contributed by atoms with E-state index in [-0.39, 0.29) is 11.7 Å². The molecule has 6 nitrogen and oxygen atoms in total. The van der Waals surface area contributed by atoms with E-state index in [2.05, 4.69) is 15.4 Å². The highest BCUT2D eigenvalue weighted by Gasteiger charge is 2.23. The Morgan fingerprint density at radius 3 is 2.69 bits per heavy atom. The van der Waals surface area contributed by atoms with Gasteiger partial charge in [0.1, 0.15) is 0 Å². The Labute approximate surface area is 149 Å². The Hall–Kier alpha value is -2.74. The van der Waals surface area contributed by atoms with E-state index in [1.807, 2.05) is 6.20 Å². The number of nitrogens with two attached hydrogens (primary N) is 2. The maximum atomic E-state index is 13.9. The number of anilines is 3. The molecule has 1 aliphatic carbocycles. The number of hydrogen-bond acceptors (Lipinski definition) is 5. The summed E-state index contributed by atoms with van der Waals surface area (Å²) in [6.07, 6.45) is 5.79. The highest BCUT2D eigenvalue weighted by atomic mass is 19.2. The molecule has 0 bridgehead atoms. The van der Waals surface area contributed by atoms with Gasteiger partial charge in [0.05, 0.1) is 23.3 Å². The fourth-order valence-corrected chi connectivity index (χ4v) is 3.43. The van der Waals surface area contributed by atoms with Gasteiger partial charge in [-0.1, -0.05) is 6.07 Å². The molecular weight excluding hydrogens is 338 g/mol. The standard InChI is InChI=1S/C18H20F2N6/c19-12-2-1-3-14(17(12)20)23-16-8-13(22)18-24-15(9-26(18)25-16)10-4-6-11(21)7-5-10/h1-3,8-11H,4-7,21-22H2,(H,23,25)/t10-,11-. The van der Waals surface area contributed by atoms with Crippen LogP contribution in [0.25, 0.3) is 5.65 Å². The van der Waals surface area contributed by atoms with Crippen LogP contribution in [0.5, 0.6) is 0 Å². The minimum absolute atomic E-state index is 0.00198. The SMILES string of the molecule is Nc1cc(Nc2cccc(F)c2F)nn2cc([C@H]3CC[C@H](N)CC3)nc12. The second kappa shape index (κ2) is 6.53. The normalized spacial score (nSPS) is 20.4. The van der Waals surface area contributed by atoms with Crippen molar-refractivity contribution in [3.05, 3.63) is 47.8 Å². The van der Waals surface area contributed by atoms with Crippen LogP contribution in [-0.4, -0.2) is 20.6 Å². The zero-order valence-electron chi connectivity index (χ0n) is 14.1. The molecule has 2 aromatic heterocycles. The topological polar surface area (TPSA) is 94.3 Å². The van der Waals surface area contributed by atoms with Crippen LogP contribution in [0.2, 0.25) is 0 Å². The summed E-state index contributed by atoms with van der Waals surface area (Å²) in [6, 6.07) is 5.75. The Morgan fingerprint density at radius 1 is 1.15 bits per heavy atom. The van der Waals surface area contributed by atoms with Crippen molar-refractivity contribution in [3.63, 3.8) is 0 Å². The molecule has 1 saturated carbocycles. The van der Waals surface area contributed by atoms with Crippen LogP contribution >= 0.6 is 0 Å². The summed E-state index contributed by atoms with van der Waals surface area (Å²) < 4.78 is 28.8. The summed E-state index contributed by atoms with van der Waals surface area (Å²) in [5.41, 5.74) is 14.0. The van der Waals surface area contributed by atoms with Crippen LogP contribution in [0, 0.1) is 11.6 Å². The number of nitrogens with one attached hydrogen (secondary N) is 1. The zero-order chi connectivity index (χ0) is 18.3. The fourth-order valence-electron chi connectivity index (χ4n) is 3.43. The van der Waals surface area contributed by atoms with Crippen molar-refractivity contribution in [2.24, 2.45) is 5.73 Å². The molecule has 0 saturated heterocycles. The monoisotopic (exact) mass is 358 g/mol. The van der Waals surface area contributed by atoms with E-state index in [4.69, 9.17) is 11.5 Å². The molecule has 8 heteroatoms. The second-order valence-corrected chi connectivity index (χ2v) is 6.76. The lowest BCUT2D eigenvalue weighted by Gasteiger charge is -2.24. The predicted molar refractivity (Wildman–Crippen MR) is 96.2 cm³/mol. The molecule has 0 amide bonds. The van der Waals surface area contributed by atoms with Crippen molar-refractivity contribution in [1.29, 1.82) is 0 Å². The van der Waals surface area contributed by atoms with Crippen LogP contribution in [0.1, 0.15) is 37.3 Å². The summed E-state index contributed by atoms with van der Waals surface area (Å²) in [5, 5.41) is 7.15. The number of imidazole rings is 1. The first kappa shape index (κ1) is 16.7. The Morgan fingerprint density at radius 2 is 1.92 bits per heavy atom. The largest absolute Gasteiger partial charge is 0.396 e. The molecule has 4 rings (SSSR count). The van der Waals surface area contributed by atoms with Crippen molar-refractivity contribution >= 4 is 22.8 Å². The van der Waals surface area contributed by atoms with Gasteiger partial charge in [0.25, 0.3) is 0 Å². The summed E-state index contributed by atoms with van der Waals surface area (Å²) in [5.74, 6) is -1.23. The highest BCUT2D eigenvalue weighted by molar-refractivity contribution is 5.70. The van der Waals surface area contributed by atoms with Crippen LogP contribution in [0.3, 0.4) is 0 Å². The van der Waals surface area contributed by atoms with Gasteiger partial charge in [-0.25, -0.2) is 18.3 Å². The van der Waals surface area contributed by atoms with E-state index in [1.165, 1.54) is 12.1 Å². The highest BCUT2D eigenvalue weighted by Crippen LogP contribution is 2.32. The lowest BCUT2D eigenvalue weighted by atomic mass is 9.85. The number of halogens is 2. The third-order valence-corrected chi connectivity index (χ3v) is 4.88. The maximum Gasteiger partial charge on any atom is 0.182 e. The van der Waals surface area contributed by atoms with Crippen LogP contribution in [0.4, 0.5) is 26.0 Å². The van der Waals surface area contributed by atoms with E-state index in [9.17, 15) is 8.78 Å². The Kier molecular flexibility index (Phi) is 4.20. The molecule has 26 heavy (non-hydrogen) atoms. The molecule has 1 fully saturated rings. The van der Waals surface area contributed by atoms with Gasteiger partial charge in [0, 0.05) is 18.0 Å². The first-order valence-corrected chi connectivity index (χ1v) is 8.63. The van der Waals surface area contributed by atoms with Gasteiger partial charge in [0.15, 0.2) is 23.1 Å². The number of nitrogen functional groups attached to an aromatic ring is 1. The lowest BCUT2D eigenvalue weighted by Crippen LogP contribution is -2.25. The van der Waals surface area contributed by atoms with Crippen molar-refractivity contribution in [2.75, 3.05) is 11.1 Å². The quantitative estimate of drug-likeness (QED) is 0.668. The lowest BCUT2D eigenvalue weighted by molar-refractivity contribution is 0.391. The van der Waals surface area contributed by atoms with Gasteiger partial charge in [-0.05, 0) is 37.8 Å². The van der Waals surface area contributed by atoms with Gasteiger partial charge < -0.3 is 16.8 Å². The van der Waals surface area contributed by atoms with Gasteiger partial charge >= 0.3 is 0 Å². The van der Waals surface area contributed by atoms with E-state index in [0.717, 1.165) is 37.4 Å². The number of nitrogens with zero attached hydrogens (tertiary/aromatic N) is 3. The number of fused-ring (bicyclic) bond motifs is 1. The van der Waals surface area contributed by atoms with Gasteiger partial charge in [-0.3, -0.25) is 0 Å².